The van der Waals surface area contributed by atoms with Crippen LogP contribution < -0.4 is 0 Å². The summed E-state index contributed by atoms with van der Waals surface area (Å²) in [4.78, 5) is 16.9. The Morgan fingerprint density at radius 1 is 1.28 bits per heavy atom. The molecule has 5 nitrogen and oxygen atoms in total. The first kappa shape index (κ1) is 17.3. The van der Waals surface area contributed by atoms with Crippen LogP contribution in [0.1, 0.15) is 23.2 Å². The van der Waals surface area contributed by atoms with Crippen LogP contribution in [0, 0.1) is 5.92 Å². The van der Waals surface area contributed by atoms with Crippen molar-refractivity contribution in [3.63, 3.8) is 0 Å². The van der Waals surface area contributed by atoms with Crippen LogP contribution in [-0.4, -0.2) is 73.9 Å². The van der Waals surface area contributed by atoms with Crippen molar-refractivity contribution in [1.82, 2.24) is 9.80 Å². The molecule has 3 aliphatic rings. The van der Waals surface area contributed by atoms with Crippen LogP contribution in [0.2, 0.25) is 5.02 Å². The largest absolute Gasteiger partial charge is 0.379 e. The topological polar surface area (TPSA) is 42.0 Å². The molecule has 3 fully saturated rings. The molecule has 0 aromatic heterocycles. The van der Waals surface area contributed by atoms with Gasteiger partial charge in [0.1, 0.15) is 5.60 Å². The Morgan fingerprint density at radius 2 is 2.08 bits per heavy atom. The fraction of sp³-hybridized carbons (Fsp3) is 0.632. The van der Waals surface area contributed by atoms with Gasteiger partial charge in [-0.2, -0.15) is 0 Å². The second-order valence-corrected chi connectivity index (χ2v) is 7.92. The lowest BCUT2D eigenvalue weighted by molar-refractivity contribution is -0.169. The molecule has 3 aliphatic heterocycles. The van der Waals surface area contributed by atoms with E-state index >= 15 is 0 Å². The number of amides is 1. The first-order valence-corrected chi connectivity index (χ1v) is 9.50. The van der Waals surface area contributed by atoms with Gasteiger partial charge in [0, 0.05) is 30.2 Å². The quantitative estimate of drug-likeness (QED) is 0.825. The van der Waals surface area contributed by atoms with Crippen molar-refractivity contribution in [2.45, 2.75) is 18.4 Å². The molecule has 0 aliphatic carbocycles. The highest BCUT2D eigenvalue weighted by Crippen LogP contribution is 2.37. The lowest BCUT2D eigenvalue weighted by Crippen LogP contribution is -2.66. The van der Waals surface area contributed by atoms with E-state index in [-0.39, 0.29) is 11.5 Å². The minimum absolute atomic E-state index is 0.0483. The van der Waals surface area contributed by atoms with Crippen molar-refractivity contribution in [1.29, 1.82) is 0 Å². The number of carbonyl (C=O) groups excluding carboxylic acids is 1. The van der Waals surface area contributed by atoms with Crippen molar-refractivity contribution in [3.8, 4) is 0 Å². The highest BCUT2D eigenvalue weighted by Gasteiger charge is 2.48. The number of nitrogens with zero attached hydrogens (tertiary/aromatic N) is 2. The number of hydrogen-bond acceptors (Lipinski definition) is 4. The van der Waals surface area contributed by atoms with Gasteiger partial charge in [0.25, 0.3) is 5.91 Å². The van der Waals surface area contributed by atoms with Crippen LogP contribution in [-0.2, 0) is 9.47 Å². The van der Waals surface area contributed by atoms with Crippen molar-refractivity contribution < 1.29 is 14.3 Å². The van der Waals surface area contributed by atoms with Crippen molar-refractivity contribution >= 4 is 17.5 Å². The molecule has 136 valence electrons. The molecule has 25 heavy (non-hydrogen) atoms. The van der Waals surface area contributed by atoms with E-state index in [0.717, 1.165) is 45.9 Å². The summed E-state index contributed by atoms with van der Waals surface area (Å²) in [5.41, 5.74) is 0.541. The zero-order chi connectivity index (χ0) is 17.3. The molecule has 3 saturated heterocycles. The molecule has 1 spiro atoms. The molecule has 0 bridgehead atoms. The van der Waals surface area contributed by atoms with Gasteiger partial charge in [-0.25, -0.2) is 0 Å². The Hall–Kier alpha value is -1.14. The van der Waals surface area contributed by atoms with Crippen molar-refractivity contribution in [3.05, 3.63) is 34.9 Å². The van der Waals surface area contributed by atoms with E-state index in [1.54, 1.807) is 12.1 Å². The van der Waals surface area contributed by atoms with Crippen molar-refractivity contribution in [2.75, 3.05) is 52.5 Å². The first-order chi connectivity index (χ1) is 12.1. The molecule has 1 aromatic rings. The van der Waals surface area contributed by atoms with Crippen LogP contribution in [0.5, 0.6) is 0 Å². The summed E-state index contributed by atoms with van der Waals surface area (Å²) < 4.78 is 11.6. The molecule has 1 atom stereocenters. The number of likely N-dealkylation sites (tertiary alicyclic amines) is 1. The zero-order valence-corrected chi connectivity index (χ0v) is 15.2. The Balaban J connectivity index is 1.25. The number of ether oxygens (including phenoxy) is 2. The maximum atomic E-state index is 12.5. The standard InChI is InChI=1S/C19H25ClN2O3/c20-17-3-1-2-16(10-17)18(23)22-13-19(14-22)5-4-15(12-25-19)11-21-6-8-24-9-7-21/h1-3,10,15H,4-9,11-14H2/t15-/m1/s1. The molecule has 0 saturated carbocycles. The van der Waals surface area contributed by atoms with Crippen LogP contribution in [0.25, 0.3) is 0 Å². The molecular formula is C19H25ClN2O3. The van der Waals surface area contributed by atoms with E-state index in [0.29, 0.717) is 29.6 Å². The highest BCUT2D eigenvalue weighted by molar-refractivity contribution is 6.30. The van der Waals surface area contributed by atoms with E-state index in [4.69, 9.17) is 21.1 Å². The molecule has 1 aromatic carbocycles. The van der Waals surface area contributed by atoms with E-state index < -0.39 is 0 Å². The summed E-state index contributed by atoms with van der Waals surface area (Å²) >= 11 is 5.99. The highest BCUT2D eigenvalue weighted by atomic mass is 35.5. The zero-order valence-electron chi connectivity index (χ0n) is 14.5. The summed E-state index contributed by atoms with van der Waals surface area (Å²) in [6, 6.07) is 7.15. The molecule has 0 unspecified atom stereocenters. The van der Waals surface area contributed by atoms with Crippen LogP contribution in [0.4, 0.5) is 0 Å². The number of morpholine rings is 1. The number of halogens is 1. The van der Waals surface area contributed by atoms with Gasteiger partial charge in [-0.1, -0.05) is 17.7 Å². The SMILES string of the molecule is O=C(c1cccc(Cl)c1)N1CC2(CC[C@H](CN3CCOCC3)CO2)C1. The Labute approximate surface area is 153 Å². The fourth-order valence-electron chi connectivity index (χ4n) is 4.06. The van der Waals surface area contributed by atoms with Crippen LogP contribution in [0.3, 0.4) is 0 Å². The Kier molecular flexibility index (Phi) is 5.00. The van der Waals surface area contributed by atoms with Gasteiger partial charge in [-0.3, -0.25) is 9.69 Å². The normalized spacial score (nSPS) is 26.4. The van der Waals surface area contributed by atoms with Crippen molar-refractivity contribution in [2.24, 2.45) is 5.92 Å². The van der Waals surface area contributed by atoms with E-state index in [2.05, 4.69) is 4.90 Å². The predicted octanol–water partition coefficient (Wildman–Crippen LogP) is 2.29. The molecule has 0 N–H and O–H groups in total. The maximum Gasteiger partial charge on any atom is 0.254 e. The second kappa shape index (κ2) is 7.23. The fourth-order valence-corrected chi connectivity index (χ4v) is 4.25. The predicted molar refractivity (Wildman–Crippen MR) is 96.0 cm³/mol. The summed E-state index contributed by atoms with van der Waals surface area (Å²) in [6.45, 7) is 7.05. The minimum Gasteiger partial charge on any atom is -0.379 e. The van der Waals surface area contributed by atoms with Gasteiger partial charge >= 0.3 is 0 Å². The number of rotatable bonds is 3. The van der Waals surface area contributed by atoms with Gasteiger partial charge in [0.2, 0.25) is 0 Å². The molecule has 3 heterocycles. The molecule has 6 heteroatoms. The third-order valence-corrected chi connectivity index (χ3v) is 5.81. The lowest BCUT2D eigenvalue weighted by atomic mass is 9.82. The van der Waals surface area contributed by atoms with E-state index in [9.17, 15) is 4.79 Å². The minimum atomic E-state index is -0.115. The summed E-state index contributed by atoms with van der Waals surface area (Å²) in [5.74, 6) is 0.647. The third kappa shape index (κ3) is 3.85. The van der Waals surface area contributed by atoms with Gasteiger partial charge in [0.05, 0.1) is 32.9 Å². The smallest absolute Gasteiger partial charge is 0.254 e. The molecule has 4 rings (SSSR count). The van der Waals surface area contributed by atoms with Gasteiger partial charge in [-0.05, 0) is 37.0 Å². The van der Waals surface area contributed by atoms with Gasteiger partial charge in [-0.15, -0.1) is 0 Å². The second-order valence-electron chi connectivity index (χ2n) is 7.48. The first-order valence-electron chi connectivity index (χ1n) is 9.12. The van der Waals surface area contributed by atoms with Gasteiger partial charge < -0.3 is 14.4 Å². The monoisotopic (exact) mass is 364 g/mol. The Morgan fingerprint density at radius 3 is 2.76 bits per heavy atom. The third-order valence-electron chi connectivity index (χ3n) is 5.57. The lowest BCUT2D eigenvalue weighted by Gasteiger charge is -2.53. The summed E-state index contributed by atoms with van der Waals surface area (Å²) in [6.07, 6.45) is 2.22. The van der Waals surface area contributed by atoms with E-state index in [1.807, 2.05) is 17.0 Å². The van der Waals surface area contributed by atoms with Crippen LogP contribution in [0.15, 0.2) is 24.3 Å². The summed E-state index contributed by atoms with van der Waals surface area (Å²) in [5, 5.41) is 0.598. The number of hydrogen-bond donors (Lipinski definition) is 0. The van der Waals surface area contributed by atoms with Gasteiger partial charge in [0.15, 0.2) is 0 Å². The maximum absolute atomic E-state index is 12.5. The molecule has 1 amide bonds. The Bertz CT molecular complexity index is 617. The number of benzene rings is 1. The van der Waals surface area contributed by atoms with Crippen LogP contribution >= 0.6 is 11.6 Å². The molecule has 0 radical (unpaired) electrons. The molecular weight excluding hydrogens is 340 g/mol. The number of carbonyl (C=O) groups is 1. The average Bonchev–Trinajstić information content (AvgIpc) is 2.61. The average molecular weight is 365 g/mol. The van der Waals surface area contributed by atoms with E-state index in [1.165, 1.54) is 6.42 Å². The summed E-state index contributed by atoms with van der Waals surface area (Å²) in [7, 11) is 0.